The molecule has 1 aromatic rings. The van der Waals surface area contributed by atoms with Gasteiger partial charge in [-0.2, -0.15) is 0 Å². The van der Waals surface area contributed by atoms with Crippen LogP contribution in [0.1, 0.15) is 32.3 Å². The lowest BCUT2D eigenvalue weighted by Gasteiger charge is -2.25. The van der Waals surface area contributed by atoms with Gasteiger partial charge >= 0.3 is 0 Å². The van der Waals surface area contributed by atoms with E-state index >= 15 is 0 Å². The first-order valence-corrected chi connectivity index (χ1v) is 6.17. The summed E-state index contributed by atoms with van der Waals surface area (Å²) < 4.78 is 5.56. The van der Waals surface area contributed by atoms with Gasteiger partial charge in [0.2, 0.25) is 0 Å². The van der Waals surface area contributed by atoms with E-state index in [1.165, 1.54) is 0 Å². The third-order valence-electron chi connectivity index (χ3n) is 3.01. The minimum Gasteiger partial charge on any atom is -0.490 e. The van der Waals surface area contributed by atoms with E-state index in [0.717, 1.165) is 0 Å². The summed E-state index contributed by atoms with van der Waals surface area (Å²) >= 11 is 5.82. The van der Waals surface area contributed by atoms with Crippen molar-refractivity contribution < 1.29 is 14.9 Å². The molecule has 0 fully saturated rings. The largest absolute Gasteiger partial charge is 0.490 e. The molecule has 96 valence electrons. The Bertz CT molecular complexity index is 362. The fraction of sp³-hybridized carbons (Fsp3) is 0.538. The summed E-state index contributed by atoms with van der Waals surface area (Å²) in [6.07, 6.45) is 1.26. The summed E-state index contributed by atoms with van der Waals surface area (Å²) in [6, 6.07) is 5.07. The van der Waals surface area contributed by atoms with Gasteiger partial charge in [0.25, 0.3) is 0 Å². The molecule has 0 aliphatic carbocycles. The number of hydrogen-bond acceptors (Lipinski definition) is 3. The molecule has 1 rings (SSSR count). The molecule has 0 bridgehead atoms. The molecule has 17 heavy (non-hydrogen) atoms. The molecule has 2 N–H and O–H groups in total. The van der Waals surface area contributed by atoms with Gasteiger partial charge in [0.1, 0.15) is 12.4 Å². The Hall–Kier alpha value is -0.770. The van der Waals surface area contributed by atoms with Gasteiger partial charge in [-0.1, -0.05) is 25.4 Å². The molecule has 0 spiro atoms. The van der Waals surface area contributed by atoms with Crippen LogP contribution in [0.2, 0.25) is 5.02 Å². The topological polar surface area (TPSA) is 49.7 Å². The van der Waals surface area contributed by atoms with Crippen LogP contribution in [-0.4, -0.2) is 22.4 Å². The van der Waals surface area contributed by atoms with Gasteiger partial charge in [-0.3, -0.25) is 0 Å². The molecule has 0 aliphatic rings. The van der Waals surface area contributed by atoms with Crippen molar-refractivity contribution >= 4 is 11.6 Å². The van der Waals surface area contributed by atoms with E-state index in [2.05, 4.69) is 0 Å². The van der Waals surface area contributed by atoms with Crippen LogP contribution in [0.4, 0.5) is 0 Å². The summed E-state index contributed by atoms with van der Waals surface area (Å²) in [4.78, 5) is 0. The molecule has 0 saturated heterocycles. The molecule has 3 nitrogen and oxygen atoms in total. The predicted octanol–water partition coefficient (Wildman–Crippen LogP) is 2.76. The number of aliphatic hydroxyl groups excluding tert-OH is 1. The Morgan fingerprint density at radius 1 is 1.29 bits per heavy atom. The number of rotatable bonds is 6. The van der Waals surface area contributed by atoms with Crippen LogP contribution in [0.25, 0.3) is 0 Å². The van der Waals surface area contributed by atoms with E-state index in [1.807, 2.05) is 13.8 Å². The maximum Gasteiger partial charge on any atom is 0.125 e. The molecule has 4 heteroatoms. The predicted molar refractivity (Wildman–Crippen MR) is 68.4 cm³/mol. The average Bonchev–Trinajstić information content (AvgIpc) is 2.36. The molecule has 0 aliphatic heterocycles. The van der Waals surface area contributed by atoms with Crippen LogP contribution in [-0.2, 0) is 6.61 Å². The van der Waals surface area contributed by atoms with Crippen LogP contribution >= 0.6 is 11.6 Å². The molecule has 0 heterocycles. The number of aliphatic hydroxyl groups is 2. The van der Waals surface area contributed by atoms with Crippen molar-refractivity contribution in [3.63, 3.8) is 0 Å². The summed E-state index contributed by atoms with van der Waals surface area (Å²) in [5, 5.41) is 19.8. The van der Waals surface area contributed by atoms with Gasteiger partial charge in [0.05, 0.1) is 12.2 Å². The van der Waals surface area contributed by atoms with Crippen LogP contribution in [0.3, 0.4) is 0 Å². The van der Waals surface area contributed by atoms with E-state index in [0.29, 0.717) is 29.2 Å². The third-order valence-corrected chi connectivity index (χ3v) is 3.24. The van der Waals surface area contributed by atoms with Gasteiger partial charge in [0, 0.05) is 10.6 Å². The molecular formula is C13H19ClO3. The van der Waals surface area contributed by atoms with Gasteiger partial charge in [-0.25, -0.2) is 0 Å². The number of hydrogen-bond donors (Lipinski definition) is 2. The highest BCUT2D eigenvalue weighted by molar-refractivity contribution is 6.30. The fourth-order valence-electron chi connectivity index (χ4n) is 1.48. The van der Waals surface area contributed by atoms with Gasteiger partial charge < -0.3 is 14.9 Å². The lowest BCUT2D eigenvalue weighted by atomic mass is 9.99. The maximum absolute atomic E-state index is 10.1. The molecule has 1 aromatic carbocycles. The summed E-state index contributed by atoms with van der Waals surface area (Å²) in [5.41, 5.74) is -0.182. The van der Waals surface area contributed by atoms with Crippen molar-refractivity contribution in [3.8, 4) is 5.75 Å². The smallest absolute Gasteiger partial charge is 0.125 e. The van der Waals surface area contributed by atoms with Crippen LogP contribution in [0.15, 0.2) is 18.2 Å². The highest BCUT2D eigenvalue weighted by Crippen LogP contribution is 2.25. The van der Waals surface area contributed by atoms with Gasteiger partial charge in [-0.05, 0) is 31.0 Å². The van der Waals surface area contributed by atoms with E-state index in [9.17, 15) is 10.2 Å². The van der Waals surface area contributed by atoms with E-state index in [1.54, 1.807) is 18.2 Å². The molecule has 0 radical (unpaired) electrons. The number of benzene rings is 1. The van der Waals surface area contributed by atoms with Gasteiger partial charge in [-0.15, -0.1) is 0 Å². The summed E-state index contributed by atoms with van der Waals surface area (Å²) in [6.45, 7) is 3.92. The molecule has 0 unspecified atom stereocenters. The fourth-order valence-corrected chi connectivity index (χ4v) is 1.67. The SMILES string of the molecule is CCC(O)(CC)COc1ccc(Cl)cc1CO. The van der Waals surface area contributed by atoms with Crippen LogP contribution in [0.5, 0.6) is 5.75 Å². The summed E-state index contributed by atoms with van der Waals surface area (Å²) in [7, 11) is 0. The average molecular weight is 259 g/mol. The highest BCUT2D eigenvalue weighted by atomic mass is 35.5. The van der Waals surface area contributed by atoms with Crippen molar-refractivity contribution in [2.75, 3.05) is 6.61 Å². The van der Waals surface area contributed by atoms with Crippen molar-refractivity contribution in [2.24, 2.45) is 0 Å². The molecule has 0 amide bonds. The first kappa shape index (κ1) is 14.3. The third kappa shape index (κ3) is 3.87. The Kier molecular flexibility index (Phi) is 5.25. The Balaban J connectivity index is 2.75. The monoisotopic (exact) mass is 258 g/mol. The molecular weight excluding hydrogens is 240 g/mol. The number of halogens is 1. The van der Waals surface area contributed by atoms with Crippen molar-refractivity contribution in [1.29, 1.82) is 0 Å². The van der Waals surface area contributed by atoms with E-state index < -0.39 is 5.60 Å². The Morgan fingerprint density at radius 3 is 2.47 bits per heavy atom. The van der Waals surface area contributed by atoms with Gasteiger partial charge in [0.15, 0.2) is 0 Å². The second-order valence-corrected chi connectivity index (χ2v) is 4.57. The highest BCUT2D eigenvalue weighted by Gasteiger charge is 2.23. The van der Waals surface area contributed by atoms with Crippen LogP contribution < -0.4 is 4.74 Å². The summed E-state index contributed by atoms with van der Waals surface area (Å²) in [5.74, 6) is 0.567. The molecule has 0 saturated carbocycles. The first-order valence-electron chi connectivity index (χ1n) is 5.79. The second kappa shape index (κ2) is 6.24. The molecule has 0 aromatic heterocycles. The normalized spacial score (nSPS) is 11.6. The zero-order chi connectivity index (χ0) is 12.9. The lowest BCUT2D eigenvalue weighted by molar-refractivity contribution is -0.0118. The second-order valence-electron chi connectivity index (χ2n) is 4.13. The number of ether oxygens (including phenoxy) is 1. The minimum absolute atomic E-state index is 0.132. The van der Waals surface area contributed by atoms with Crippen molar-refractivity contribution in [1.82, 2.24) is 0 Å². The quantitative estimate of drug-likeness (QED) is 0.825. The maximum atomic E-state index is 10.1. The first-order chi connectivity index (χ1) is 8.04. The lowest BCUT2D eigenvalue weighted by Crippen LogP contribution is -2.34. The standard InChI is InChI=1S/C13H19ClO3/c1-3-13(16,4-2)9-17-12-6-5-11(14)7-10(12)8-15/h5-7,15-16H,3-4,8-9H2,1-2H3. The van der Waals surface area contributed by atoms with Crippen molar-refractivity contribution in [3.05, 3.63) is 28.8 Å². The van der Waals surface area contributed by atoms with Crippen LogP contribution in [0, 0.1) is 0 Å². The van der Waals surface area contributed by atoms with E-state index in [-0.39, 0.29) is 13.2 Å². The molecule has 0 atom stereocenters. The Morgan fingerprint density at radius 2 is 1.94 bits per heavy atom. The van der Waals surface area contributed by atoms with Crippen molar-refractivity contribution in [2.45, 2.75) is 38.9 Å². The van der Waals surface area contributed by atoms with E-state index in [4.69, 9.17) is 16.3 Å². The zero-order valence-electron chi connectivity index (χ0n) is 10.2. The Labute approximate surface area is 107 Å². The minimum atomic E-state index is -0.813. The zero-order valence-corrected chi connectivity index (χ0v) is 11.0.